The third-order valence-electron chi connectivity index (χ3n) is 2.22. The number of halogens is 3. The van der Waals surface area contributed by atoms with Crippen molar-refractivity contribution in [1.29, 1.82) is 0 Å². The summed E-state index contributed by atoms with van der Waals surface area (Å²) in [7, 11) is 0. The first-order chi connectivity index (χ1) is 6.50. The second-order valence-corrected chi connectivity index (χ2v) is 3.20. The zero-order valence-corrected chi connectivity index (χ0v) is 7.11. The van der Waals surface area contributed by atoms with Gasteiger partial charge in [0, 0.05) is 12.1 Å². The van der Waals surface area contributed by atoms with Crippen LogP contribution >= 0.6 is 0 Å². The molecule has 6 heteroatoms. The molecule has 0 radical (unpaired) electrons. The molecule has 76 valence electrons. The maximum atomic E-state index is 12.3. The Labute approximate surface area is 77.3 Å². The fourth-order valence-electron chi connectivity index (χ4n) is 1.62. The van der Waals surface area contributed by atoms with Crippen LogP contribution in [0.25, 0.3) is 0 Å². The molecule has 0 aliphatic heterocycles. The number of hydrogen-bond acceptors (Lipinski definition) is 2. The number of hydrogen-bond donors (Lipinski definition) is 1. The van der Waals surface area contributed by atoms with Crippen LogP contribution in [0.1, 0.15) is 34.6 Å². The van der Waals surface area contributed by atoms with E-state index < -0.39 is 17.7 Å². The Morgan fingerprint density at radius 3 is 2.64 bits per heavy atom. The first-order valence-electron chi connectivity index (χ1n) is 4.18. The number of aromatic amines is 1. The van der Waals surface area contributed by atoms with Crippen LogP contribution in [0.4, 0.5) is 13.2 Å². The number of fused-ring (bicyclic) bond motifs is 1. The van der Waals surface area contributed by atoms with Gasteiger partial charge in [-0.15, -0.1) is 0 Å². The van der Waals surface area contributed by atoms with Gasteiger partial charge in [0.05, 0.1) is 5.56 Å². The quantitative estimate of drug-likeness (QED) is 0.701. The van der Waals surface area contributed by atoms with E-state index in [9.17, 15) is 18.0 Å². The molecule has 3 nitrogen and oxygen atoms in total. The second-order valence-electron chi connectivity index (χ2n) is 3.20. The molecule has 0 unspecified atom stereocenters. The van der Waals surface area contributed by atoms with Crippen LogP contribution in [0.3, 0.4) is 0 Å². The summed E-state index contributed by atoms with van der Waals surface area (Å²) in [5, 5.41) is 5.42. The van der Waals surface area contributed by atoms with E-state index in [0.717, 1.165) is 0 Å². The number of nitrogens with zero attached hydrogens (tertiary/aromatic N) is 1. The third kappa shape index (κ3) is 1.30. The van der Waals surface area contributed by atoms with E-state index in [1.165, 1.54) is 0 Å². The van der Waals surface area contributed by atoms with Crippen molar-refractivity contribution in [2.75, 3.05) is 0 Å². The highest BCUT2D eigenvalue weighted by Gasteiger charge is 2.40. The summed E-state index contributed by atoms with van der Waals surface area (Å²) >= 11 is 0. The number of aryl methyl sites for hydroxylation is 1. The van der Waals surface area contributed by atoms with Gasteiger partial charge in [-0.25, -0.2) is 0 Å². The molecule has 0 atom stereocenters. The predicted octanol–water partition coefficient (Wildman–Crippen LogP) is 1.95. The van der Waals surface area contributed by atoms with Crippen LogP contribution in [0.2, 0.25) is 0 Å². The summed E-state index contributed by atoms with van der Waals surface area (Å²) in [4.78, 5) is 11.3. The number of aromatic nitrogens is 2. The Morgan fingerprint density at radius 1 is 1.29 bits per heavy atom. The molecule has 1 aliphatic rings. The van der Waals surface area contributed by atoms with E-state index in [2.05, 4.69) is 10.2 Å². The molecule has 0 spiro atoms. The number of carbonyl (C=O) groups is 1. The van der Waals surface area contributed by atoms with Crippen LogP contribution in [0.5, 0.6) is 0 Å². The van der Waals surface area contributed by atoms with Gasteiger partial charge in [-0.2, -0.15) is 18.3 Å². The van der Waals surface area contributed by atoms with Crippen molar-refractivity contribution in [3.8, 4) is 0 Å². The summed E-state index contributed by atoms with van der Waals surface area (Å²) in [6.07, 6.45) is -3.32. The Kier molecular flexibility index (Phi) is 1.87. The van der Waals surface area contributed by atoms with E-state index in [-0.39, 0.29) is 12.0 Å². The lowest BCUT2D eigenvalue weighted by atomic mass is 9.94. The first-order valence-corrected chi connectivity index (χ1v) is 4.18. The molecule has 2 rings (SSSR count). The monoisotopic (exact) mass is 204 g/mol. The number of rotatable bonds is 0. The molecule has 1 aromatic rings. The minimum absolute atomic E-state index is 0.176. The van der Waals surface area contributed by atoms with Crippen LogP contribution in [-0.4, -0.2) is 16.0 Å². The topological polar surface area (TPSA) is 45.8 Å². The number of H-pyrrole nitrogens is 1. The van der Waals surface area contributed by atoms with Crippen LogP contribution < -0.4 is 0 Å². The van der Waals surface area contributed by atoms with Gasteiger partial charge in [0.2, 0.25) is 0 Å². The normalized spacial score (nSPS) is 16.9. The van der Waals surface area contributed by atoms with Crippen molar-refractivity contribution in [2.24, 2.45) is 0 Å². The van der Waals surface area contributed by atoms with Gasteiger partial charge in [0.25, 0.3) is 0 Å². The van der Waals surface area contributed by atoms with Gasteiger partial charge in [-0.05, 0) is 12.8 Å². The summed E-state index contributed by atoms with van der Waals surface area (Å²) in [5.41, 5.74) is -1.02. The van der Waals surface area contributed by atoms with Gasteiger partial charge < -0.3 is 0 Å². The van der Waals surface area contributed by atoms with Crippen molar-refractivity contribution in [3.05, 3.63) is 17.0 Å². The van der Waals surface area contributed by atoms with Crippen molar-refractivity contribution in [2.45, 2.75) is 25.4 Å². The molecular formula is C8H7F3N2O. The Hall–Kier alpha value is -1.33. The molecule has 1 heterocycles. The minimum Gasteiger partial charge on any atom is -0.294 e. The molecular weight excluding hydrogens is 197 g/mol. The standard InChI is InChI=1S/C8H7F3N2O/c9-8(10,11)7-6-4(12-13-7)2-1-3-5(6)14/h1-3H2,(H,12,13). The summed E-state index contributed by atoms with van der Waals surface area (Å²) in [6, 6.07) is 0. The fourth-order valence-corrected chi connectivity index (χ4v) is 1.62. The zero-order chi connectivity index (χ0) is 10.3. The minimum atomic E-state index is -4.54. The molecule has 1 N–H and O–H groups in total. The summed E-state index contributed by atoms with van der Waals surface area (Å²) in [6.45, 7) is 0. The van der Waals surface area contributed by atoms with Crippen LogP contribution in [0, 0.1) is 0 Å². The van der Waals surface area contributed by atoms with Gasteiger partial charge in [-0.1, -0.05) is 0 Å². The smallest absolute Gasteiger partial charge is 0.294 e. The van der Waals surface area contributed by atoms with Crippen molar-refractivity contribution in [1.82, 2.24) is 10.2 Å². The average molecular weight is 204 g/mol. The van der Waals surface area contributed by atoms with Gasteiger partial charge in [-0.3, -0.25) is 9.89 Å². The molecule has 0 saturated carbocycles. The molecule has 0 amide bonds. The number of Topliss-reactive ketones (excluding diaryl/α,β-unsaturated/α-hetero) is 1. The summed E-state index contributed by atoms with van der Waals surface area (Å²) in [5.74, 6) is -0.465. The Morgan fingerprint density at radius 2 is 2.00 bits per heavy atom. The van der Waals surface area contributed by atoms with E-state index in [1.54, 1.807) is 0 Å². The van der Waals surface area contributed by atoms with Gasteiger partial charge in [0.15, 0.2) is 11.5 Å². The Balaban J connectivity index is 2.54. The highest BCUT2D eigenvalue weighted by Crippen LogP contribution is 2.34. The lowest BCUT2D eigenvalue weighted by Gasteiger charge is -2.11. The van der Waals surface area contributed by atoms with Crippen molar-refractivity contribution >= 4 is 5.78 Å². The number of carbonyl (C=O) groups excluding carboxylic acids is 1. The van der Waals surface area contributed by atoms with Gasteiger partial charge >= 0.3 is 6.18 Å². The lowest BCUT2D eigenvalue weighted by Crippen LogP contribution is -2.16. The number of nitrogens with one attached hydrogen (secondary N) is 1. The molecule has 0 aromatic carbocycles. The maximum Gasteiger partial charge on any atom is 0.435 e. The fraction of sp³-hybridized carbons (Fsp3) is 0.500. The first kappa shape index (κ1) is 9.23. The third-order valence-corrected chi connectivity index (χ3v) is 2.22. The van der Waals surface area contributed by atoms with E-state index >= 15 is 0 Å². The van der Waals surface area contributed by atoms with Crippen molar-refractivity contribution < 1.29 is 18.0 Å². The lowest BCUT2D eigenvalue weighted by molar-refractivity contribution is -0.141. The average Bonchev–Trinajstić information content (AvgIpc) is 2.47. The highest BCUT2D eigenvalue weighted by atomic mass is 19.4. The van der Waals surface area contributed by atoms with Crippen LogP contribution in [-0.2, 0) is 12.6 Å². The number of alkyl halides is 3. The molecule has 0 bridgehead atoms. The molecule has 1 aromatic heterocycles. The molecule has 0 saturated heterocycles. The van der Waals surface area contributed by atoms with Gasteiger partial charge in [0.1, 0.15) is 0 Å². The zero-order valence-electron chi connectivity index (χ0n) is 7.11. The second kappa shape index (κ2) is 2.83. The Bertz CT molecular complexity index is 380. The molecule has 1 aliphatic carbocycles. The highest BCUT2D eigenvalue weighted by molar-refractivity contribution is 5.99. The van der Waals surface area contributed by atoms with E-state index in [4.69, 9.17) is 0 Å². The van der Waals surface area contributed by atoms with E-state index in [1.807, 2.05) is 0 Å². The summed E-state index contributed by atoms with van der Waals surface area (Å²) < 4.78 is 37.0. The predicted molar refractivity (Wildman–Crippen MR) is 40.9 cm³/mol. The van der Waals surface area contributed by atoms with Crippen LogP contribution in [0.15, 0.2) is 0 Å². The van der Waals surface area contributed by atoms with Crippen molar-refractivity contribution in [3.63, 3.8) is 0 Å². The molecule has 14 heavy (non-hydrogen) atoms. The molecule has 0 fully saturated rings. The van der Waals surface area contributed by atoms with E-state index in [0.29, 0.717) is 18.5 Å². The maximum absolute atomic E-state index is 12.3. The largest absolute Gasteiger partial charge is 0.435 e. The SMILES string of the molecule is O=C1CCCc2[nH]nc(C(F)(F)F)c21. The number of ketones is 1.